The molecule has 0 saturated carbocycles. The molecule has 1 heterocycles. The zero-order valence-corrected chi connectivity index (χ0v) is 8.13. The first-order valence-corrected chi connectivity index (χ1v) is 4.39. The third kappa shape index (κ3) is 1.18. The lowest BCUT2D eigenvalue weighted by Crippen LogP contribution is -1.98. The van der Waals surface area contributed by atoms with Crippen LogP contribution in [0.2, 0.25) is 0 Å². The van der Waals surface area contributed by atoms with Crippen LogP contribution < -0.4 is 4.74 Å². The molecule has 0 amide bonds. The fraction of sp³-hybridized carbons (Fsp3) is 0.182. The third-order valence-corrected chi connectivity index (χ3v) is 2.26. The molecule has 0 fully saturated rings. The van der Waals surface area contributed by atoms with Crippen LogP contribution in [0.1, 0.15) is 17.3 Å². The Morgan fingerprint density at radius 3 is 2.79 bits per heavy atom. The maximum absolute atomic E-state index is 11.4. The second-order valence-electron chi connectivity index (χ2n) is 3.14. The SMILES string of the molecule is COc1ccc2cc[nH]c2c1C(C)=O. The van der Waals surface area contributed by atoms with Crippen molar-refractivity contribution in [3.05, 3.63) is 30.0 Å². The van der Waals surface area contributed by atoms with Crippen LogP contribution in [0, 0.1) is 0 Å². The summed E-state index contributed by atoms with van der Waals surface area (Å²) in [6.07, 6.45) is 1.82. The molecule has 3 heteroatoms. The molecule has 1 N–H and O–H groups in total. The number of fused-ring (bicyclic) bond motifs is 1. The van der Waals surface area contributed by atoms with Crippen molar-refractivity contribution in [2.45, 2.75) is 6.92 Å². The van der Waals surface area contributed by atoms with Crippen molar-refractivity contribution in [2.75, 3.05) is 7.11 Å². The van der Waals surface area contributed by atoms with Gasteiger partial charge < -0.3 is 9.72 Å². The van der Waals surface area contributed by atoms with Crippen molar-refractivity contribution < 1.29 is 9.53 Å². The van der Waals surface area contributed by atoms with Crippen LogP contribution in [-0.4, -0.2) is 17.9 Å². The molecule has 0 unspecified atom stereocenters. The van der Waals surface area contributed by atoms with Gasteiger partial charge in [-0.15, -0.1) is 0 Å². The minimum Gasteiger partial charge on any atom is -0.496 e. The molecular weight excluding hydrogens is 178 g/mol. The molecule has 14 heavy (non-hydrogen) atoms. The fourth-order valence-electron chi connectivity index (χ4n) is 1.63. The molecule has 2 aromatic rings. The lowest BCUT2D eigenvalue weighted by molar-refractivity contribution is 0.101. The van der Waals surface area contributed by atoms with Gasteiger partial charge in [-0.3, -0.25) is 4.79 Å². The molecule has 1 aromatic heterocycles. The number of H-pyrrole nitrogens is 1. The first-order chi connectivity index (χ1) is 6.74. The number of aromatic nitrogens is 1. The molecule has 0 aliphatic rings. The number of methoxy groups -OCH3 is 1. The van der Waals surface area contributed by atoms with E-state index in [1.807, 2.05) is 24.4 Å². The van der Waals surface area contributed by atoms with Gasteiger partial charge in [-0.05, 0) is 25.1 Å². The second-order valence-corrected chi connectivity index (χ2v) is 3.14. The van der Waals surface area contributed by atoms with Gasteiger partial charge in [0, 0.05) is 11.6 Å². The minimum absolute atomic E-state index is 0.00917. The average molecular weight is 189 g/mol. The Morgan fingerprint density at radius 2 is 2.14 bits per heavy atom. The number of aromatic amines is 1. The molecule has 3 nitrogen and oxygen atoms in total. The third-order valence-electron chi connectivity index (χ3n) is 2.26. The van der Waals surface area contributed by atoms with E-state index < -0.39 is 0 Å². The Hall–Kier alpha value is -1.77. The van der Waals surface area contributed by atoms with Crippen molar-refractivity contribution in [1.82, 2.24) is 4.98 Å². The number of nitrogens with one attached hydrogen (secondary N) is 1. The number of carbonyl (C=O) groups excluding carboxylic acids is 1. The van der Waals surface area contributed by atoms with Gasteiger partial charge >= 0.3 is 0 Å². The summed E-state index contributed by atoms with van der Waals surface area (Å²) in [6.45, 7) is 1.54. The molecule has 0 spiro atoms. The molecule has 0 radical (unpaired) electrons. The van der Waals surface area contributed by atoms with Crippen LogP contribution >= 0.6 is 0 Å². The summed E-state index contributed by atoms with van der Waals surface area (Å²) < 4.78 is 5.14. The van der Waals surface area contributed by atoms with Gasteiger partial charge in [0.2, 0.25) is 0 Å². The van der Waals surface area contributed by atoms with Crippen LogP contribution in [0.3, 0.4) is 0 Å². The highest BCUT2D eigenvalue weighted by molar-refractivity contribution is 6.08. The summed E-state index contributed by atoms with van der Waals surface area (Å²) >= 11 is 0. The monoisotopic (exact) mass is 189 g/mol. The number of ether oxygens (including phenoxy) is 1. The van der Waals surface area contributed by atoms with Gasteiger partial charge in [0.25, 0.3) is 0 Å². The molecule has 0 aliphatic heterocycles. The molecule has 0 aliphatic carbocycles. The zero-order valence-electron chi connectivity index (χ0n) is 8.13. The van der Waals surface area contributed by atoms with E-state index in [1.165, 1.54) is 6.92 Å². The van der Waals surface area contributed by atoms with Crippen molar-refractivity contribution in [3.63, 3.8) is 0 Å². The molecule has 72 valence electrons. The van der Waals surface area contributed by atoms with Gasteiger partial charge in [-0.2, -0.15) is 0 Å². The first-order valence-electron chi connectivity index (χ1n) is 4.39. The highest BCUT2D eigenvalue weighted by atomic mass is 16.5. The summed E-state index contributed by atoms with van der Waals surface area (Å²) in [5, 5.41) is 1.02. The number of hydrogen-bond donors (Lipinski definition) is 1. The minimum atomic E-state index is 0.00917. The van der Waals surface area contributed by atoms with Crippen LogP contribution in [-0.2, 0) is 0 Å². The number of hydrogen-bond acceptors (Lipinski definition) is 2. The highest BCUT2D eigenvalue weighted by Crippen LogP contribution is 2.27. The largest absolute Gasteiger partial charge is 0.496 e. The lowest BCUT2D eigenvalue weighted by atomic mass is 10.1. The molecule has 1 aromatic carbocycles. The lowest BCUT2D eigenvalue weighted by Gasteiger charge is -2.06. The molecule has 0 saturated heterocycles. The number of carbonyl (C=O) groups is 1. The number of Topliss-reactive ketones (excluding diaryl/α,β-unsaturated/α-hetero) is 1. The number of rotatable bonds is 2. The molecular formula is C11H11NO2. The van der Waals surface area contributed by atoms with E-state index in [9.17, 15) is 4.79 Å². The molecule has 2 rings (SSSR count). The van der Waals surface area contributed by atoms with Crippen molar-refractivity contribution in [2.24, 2.45) is 0 Å². The normalized spacial score (nSPS) is 10.4. The Kier molecular flexibility index (Phi) is 2.00. The highest BCUT2D eigenvalue weighted by Gasteiger charge is 2.12. The smallest absolute Gasteiger partial charge is 0.165 e. The first kappa shape index (κ1) is 8.81. The van der Waals surface area contributed by atoms with Crippen LogP contribution in [0.5, 0.6) is 5.75 Å². The Bertz CT molecular complexity index is 485. The maximum atomic E-state index is 11.4. The average Bonchev–Trinajstić information content (AvgIpc) is 2.62. The van der Waals surface area contributed by atoms with Gasteiger partial charge in [0.1, 0.15) is 5.75 Å². The summed E-state index contributed by atoms with van der Waals surface area (Å²) in [6, 6.07) is 5.67. The summed E-state index contributed by atoms with van der Waals surface area (Å²) in [5.41, 5.74) is 1.46. The Labute approximate surface area is 81.7 Å². The quantitative estimate of drug-likeness (QED) is 0.737. The van der Waals surface area contributed by atoms with E-state index in [4.69, 9.17) is 4.74 Å². The predicted octanol–water partition coefficient (Wildman–Crippen LogP) is 2.38. The predicted molar refractivity (Wildman–Crippen MR) is 54.9 cm³/mol. The number of ketones is 1. The van der Waals surface area contributed by atoms with Gasteiger partial charge in [0.05, 0.1) is 18.2 Å². The summed E-state index contributed by atoms with van der Waals surface area (Å²) in [5.74, 6) is 0.627. The van der Waals surface area contributed by atoms with E-state index in [-0.39, 0.29) is 5.78 Å². The van der Waals surface area contributed by atoms with E-state index in [0.29, 0.717) is 11.3 Å². The molecule has 0 bridgehead atoms. The fourth-order valence-corrected chi connectivity index (χ4v) is 1.63. The van der Waals surface area contributed by atoms with E-state index in [2.05, 4.69) is 4.98 Å². The van der Waals surface area contributed by atoms with Crippen LogP contribution in [0.15, 0.2) is 24.4 Å². The topological polar surface area (TPSA) is 42.1 Å². The zero-order chi connectivity index (χ0) is 10.1. The van der Waals surface area contributed by atoms with Gasteiger partial charge in [-0.25, -0.2) is 0 Å². The molecule has 0 atom stereocenters. The Morgan fingerprint density at radius 1 is 1.36 bits per heavy atom. The van der Waals surface area contributed by atoms with Crippen molar-refractivity contribution in [3.8, 4) is 5.75 Å². The second kappa shape index (κ2) is 3.18. The number of benzene rings is 1. The van der Waals surface area contributed by atoms with Crippen LogP contribution in [0.25, 0.3) is 10.9 Å². The van der Waals surface area contributed by atoms with Gasteiger partial charge in [-0.1, -0.05) is 0 Å². The van der Waals surface area contributed by atoms with E-state index in [1.54, 1.807) is 7.11 Å². The Balaban J connectivity index is 2.82. The standard InChI is InChI=1S/C11H11NO2/c1-7(13)10-9(14-2)4-3-8-5-6-12-11(8)10/h3-6,12H,1-2H3. The van der Waals surface area contributed by atoms with Crippen molar-refractivity contribution in [1.29, 1.82) is 0 Å². The van der Waals surface area contributed by atoms with Gasteiger partial charge in [0.15, 0.2) is 5.78 Å². The van der Waals surface area contributed by atoms with Crippen molar-refractivity contribution >= 4 is 16.7 Å². The van der Waals surface area contributed by atoms with E-state index >= 15 is 0 Å². The maximum Gasteiger partial charge on any atom is 0.165 e. The summed E-state index contributed by atoms with van der Waals surface area (Å²) in [7, 11) is 1.57. The van der Waals surface area contributed by atoms with Crippen LogP contribution in [0.4, 0.5) is 0 Å². The van der Waals surface area contributed by atoms with E-state index in [0.717, 1.165) is 10.9 Å². The summed E-state index contributed by atoms with van der Waals surface area (Å²) in [4.78, 5) is 14.5.